The van der Waals surface area contributed by atoms with Crippen molar-refractivity contribution in [1.29, 1.82) is 0 Å². The summed E-state index contributed by atoms with van der Waals surface area (Å²) in [6, 6.07) is -0.305. The van der Waals surface area contributed by atoms with E-state index in [9.17, 15) is 9.59 Å². The lowest BCUT2D eigenvalue weighted by Crippen LogP contribution is -2.46. The Hall–Kier alpha value is -0.950. The second kappa shape index (κ2) is 7.59. The molecule has 1 aliphatic rings. The number of thioether (sulfide) groups is 1. The van der Waals surface area contributed by atoms with Gasteiger partial charge in [-0.2, -0.15) is 11.8 Å². The Bertz CT molecular complexity index is 317. The van der Waals surface area contributed by atoms with E-state index >= 15 is 0 Å². The summed E-state index contributed by atoms with van der Waals surface area (Å²) in [6.45, 7) is 6.86. The van der Waals surface area contributed by atoms with E-state index in [2.05, 4.69) is 15.5 Å². The van der Waals surface area contributed by atoms with Crippen molar-refractivity contribution in [3.63, 3.8) is 0 Å². The maximum absolute atomic E-state index is 11.5. The van der Waals surface area contributed by atoms with Crippen LogP contribution >= 0.6 is 11.8 Å². The molecule has 1 fully saturated rings. The Balaban J connectivity index is 2.12. The van der Waals surface area contributed by atoms with E-state index in [4.69, 9.17) is 5.11 Å². The van der Waals surface area contributed by atoms with E-state index in [1.807, 2.05) is 11.8 Å². The number of hydrogen-bond acceptors (Lipinski definition) is 4. The molecule has 1 rings (SSSR count). The SMILES string of the molecule is CC(C)(CNC(=O)NCCN1CCSCC1)C(=O)O. The Kier molecular flexibility index (Phi) is 6.44. The standard InChI is InChI=1S/C12H23N3O3S/c1-12(2,10(16)17)9-14-11(18)13-3-4-15-5-7-19-8-6-15/h3-9H2,1-2H3,(H,16,17)(H2,13,14,18). The maximum atomic E-state index is 11.5. The van der Waals surface area contributed by atoms with Gasteiger partial charge in [-0.25, -0.2) is 4.79 Å². The van der Waals surface area contributed by atoms with Gasteiger partial charge in [0, 0.05) is 44.2 Å². The van der Waals surface area contributed by atoms with Gasteiger partial charge in [0.05, 0.1) is 5.41 Å². The van der Waals surface area contributed by atoms with Gasteiger partial charge in [0.1, 0.15) is 0 Å². The van der Waals surface area contributed by atoms with Crippen molar-refractivity contribution in [3.05, 3.63) is 0 Å². The molecule has 6 nitrogen and oxygen atoms in total. The molecule has 0 spiro atoms. The van der Waals surface area contributed by atoms with Crippen LogP contribution in [0.15, 0.2) is 0 Å². The van der Waals surface area contributed by atoms with Crippen LogP contribution in [0.3, 0.4) is 0 Å². The topological polar surface area (TPSA) is 81.7 Å². The molecule has 1 saturated heterocycles. The van der Waals surface area contributed by atoms with Gasteiger partial charge in [-0.1, -0.05) is 0 Å². The Labute approximate surface area is 118 Å². The van der Waals surface area contributed by atoms with Crippen molar-refractivity contribution in [1.82, 2.24) is 15.5 Å². The summed E-state index contributed by atoms with van der Waals surface area (Å²) in [4.78, 5) is 24.7. The van der Waals surface area contributed by atoms with Crippen LogP contribution in [0.2, 0.25) is 0 Å². The van der Waals surface area contributed by atoms with E-state index in [0.717, 1.165) is 31.1 Å². The minimum absolute atomic E-state index is 0.120. The Morgan fingerprint density at radius 3 is 2.47 bits per heavy atom. The first-order valence-electron chi connectivity index (χ1n) is 6.47. The number of carboxylic acid groups (broad SMARTS) is 1. The maximum Gasteiger partial charge on any atom is 0.314 e. The molecule has 0 aromatic heterocycles. The first kappa shape index (κ1) is 16.1. The summed E-state index contributed by atoms with van der Waals surface area (Å²) in [5, 5.41) is 14.3. The predicted octanol–water partition coefficient (Wildman–Crippen LogP) is 0.445. The third-order valence-corrected chi connectivity index (χ3v) is 4.03. The number of nitrogens with zero attached hydrogens (tertiary/aromatic N) is 1. The summed E-state index contributed by atoms with van der Waals surface area (Å²) in [7, 11) is 0. The zero-order valence-corrected chi connectivity index (χ0v) is 12.4. The molecule has 1 aliphatic heterocycles. The molecule has 0 aromatic carbocycles. The molecule has 0 saturated carbocycles. The zero-order chi connectivity index (χ0) is 14.3. The van der Waals surface area contributed by atoms with Crippen LogP contribution in [0.5, 0.6) is 0 Å². The second-order valence-electron chi connectivity index (χ2n) is 5.25. The third-order valence-electron chi connectivity index (χ3n) is 3.09. The van der Waals surface area contributed by atoms with Gasteiger partial charge in [0.15, 0.2) is 0 Å². The molecule has 1 heterocycles. The van der Waals surface area contributed by atoms with Crippen LogP contribution in [-0.4, -0.2) is 66.2 Å². The van der Waals surface area contributed by atoms with Crippen molar-refractivity contribution in [2.45, 2.75) is 13.8 Å². The fraction of sp³-hybridized carbons (Fsp3) is 0.833. The number of carbonyl (C=O) groups is 2. The van der Waals surface area contributed by atoms with Crippen LogP contribution in [0, 0.1) is 5.41 Å². The summed E-state index contributed by atoms with van der Waals surface area (Å²) >= 11 is 1.96. The average Bonchev–Trinajstić information content (AvgIpc) is 2.37. The molecular formula is C12H23N3O3S. The molecule has 0 aliphatic carbocycles. The minimum Gasteiger partial charge on any atom is -0.481 e. The summed E-state index contributed by atoms with van der Waals surface area (Å²) < 4.78 is 0. The number of urea groups is 1. The highest BCUT2D eigenvalue weighted by atomic mass is 32.2. The van der Waals surface area contributed by atoms with Crippen LogP contribution < -0.4 is 10.6 Å². The molecule has 2 amide bonds. The molecule has 3 N–H and O–H groups in total. The number of carboxylic acids is 1. The van der Waals surface area contributed by atoms with Gasteiger partial charge in [0.25, 0.3) is 0 Å². The highest BCUT2D eigenvalue weighted by Crippen LogP contribution is 2.12. The average molecular weight is 289 g/mol. The van der Waals surface area contributed by atoms with Crippen molar-refractivity contribution >= 4 is 23.8 Å². The summed E-state index contributed by atoms with van der Waals surface area (Å²) in [5.74, 6) is 1.39. The molecular weight excluding hydrogens is 266 g/mol. The van der Waals surface area contributed by atoms with Gasteiger partial charge in [-0.05, 0) is 13.8 Å². The van der Waals surface area contributed by atoms with Crippen LogP contribution in [0.25, 0.3) is 0 Å². The van der Waals surface area contributed by atoms with Crippen LogP contribution in [0.1, 0.15) is 13.8 Å². The lowest BCUT2D eigenvalue weighted by atomic mass is 9.94. The fourth-order valence-corrected chi connectivity index (χ4v) is 2.57. The highest BCUT2D eigenvalue weighted by molar-refractivity contribution is 7.99. The molecule has 110 valence electrons. The zero-order valence-electron chi connectivity index (χ0n) is 11.6. The largest absolute Gasteiger partial charge is 0.481 e. The van der Waals surface area contributed by atoms with E-state index in [1.165, 1.54) is 0 Å². The molecule has 7 heteroatoms. The quantitative estimate of drug-likeness (QED) is 0.661. The normalized spacial score (nSPS) is 16.9. The van der Waals surface area contributed by atoms with Crippen molar-refractivity contribution in [3.8, 4) is 0 Å². The molecule has 0 aromatic rings. The van der Waals surface area contributed by atoms with Crippen LogP contribution in [0.4, 0.5) is 4.79 Å². The lowest BCUT2D eigenvalue weighted by Gasteiger charge is -2.26. The second-order valence-corrected chi connectivity index (χ2v) is 6.48. The molecule has 0 atom stereocenters. The number of amides is 2. The number of rotatable bonds is 6. The Morgan fingerprint density at radius 2 is 1.89 bits per heavy atom. The van der Waals surface area contributed by atoms with Crippen LogP contribution in [-0.2, 0) is 4.79 Å². The van der Waals surface area contributed by atoms with Gasteiger partial charge < -0.3 is 15.7 Å². The van der Waals surface area contributed by atoms with Gasteiger partial charge in [0.2, 0.25) is 0 Å². The number of nitrogens with one attached hydrogen (secondary N) is 2. The van der Waals surface area contributed by atoms with Gasteiger partial charge in [-0.15, -0.1) is 0 Å². The minimum atomic E-state index is -0.943. The predicted molar refractivity (Wildman–Crippen MR) is 76.6 cm³/mol. The highest BCUT2D eigenvalue weighted by Gasteiger charge is 2.27. The number of carbonyl (C=O) groups excluding carboxylic acids is 1. The monoisotopic (exact) mass is 289 g/mol. The Morgan fingerprint density at radius 1 is 1.26 bits per heavy atom. The summed E-state index contributed by atoms with van der Waals surface area (Å²) in [6.07, 6.45) is 0. The van der Waals surface area contributed by atoms with Gasteiger partial charge in [-0.3, -0.25) is 9.69 Å². The van der Waals surface area contributed by atoms with E-state index in [1.54, 1.807) is 13.8 Å². The van der Waals surface area contributed by atoms with Crippen molar-refractivity contribution in [2.75, 3.05) is 44.2 Å². The smallest absolute Gasteiger partial charge is 0.314 e. The van der Waals surface area contributed by atoms with E-state index < -0.39 is 11.4 Å². The fourth-order valence-electron chi connectivity index (χ4n) is 1.59. The lowest BCUT2D eigenvalue weighted by molar-refractivity contribution is -0.146. The van der Waals surface area contributed by atoms with Crippen molar-refractivity contribution < 1.29 is 14.7 Å². The van der Waals surface area contributed by atoms with E-state index in [-0.39, 0.29) is 12.6 Å². The van der Waals surface area contributed by atoms with Gasteiger partial charge >= 0.3 is 12.0 Å². The molecule has 0 bridgehead atoms. The summed E-state index contributed by atoms with van der Waals surface area (Å²) in [5.41, 5.74) is -0.943. The van der Waals surface area contributed by atoms with Crippen molar-refractivity contribution in [2.24, 2.45) is 5.41 Å². The number of hydrogen-bond donors (Lipinski definition) is 3. The number of aliphatic carboxylic acids is 1. The first-order chi connectivity index (χ1) is 8.92. The molecule has 19 heavy (non-hydrogen) atoms. The first-order valence-corrected chi connectivity index (χ1v) is 7.62. The molecule has 0 radical (unpaired) electrons. The van der Waals surface area contributed by atoms with E-state index in [0.29, 0.717) is 6.54 Å². The third kappa shape index (κ3) is 6.15. The molecule has 0 unspecified atom stereocenters.